The second kappa shape index (κ2) is 4.51. The number of hydrogen-bond acceptors (Lipinski definition) is 1. The largest absolute Gasteiger partial charge is 0.389 e. The van der Waals surface area contributed by atoms with E-state index in [0.29, 0.717) is 0 Å². The summed E-state index contributed by atoms with van der Waals surface area (Å²) in [5.74, 6) is 0. The lowest BCUT2D eigenvalue weighted by Gasteiger charge is -2.10. The van der Waals surface area contributed by atoms with Gasteiger partial charge in [-0.25, -0.2) is 0 Å². The van der Waals surface area contributed by atoms with E-state index in [-0.39, 0.29) is 6.10 Å². The Bertz CT molecular complexity index is 117. The summed E-state index contributed by atoms with van der Waals surface area (Å²) in [6, 6.07) is 0. The van der Waals surface area contributed by atoms with E-state index in [1.165, 1.54) is 5.57 Å². The fourth-order valence-corrected chi connectivity index (χ4v) is 1.10. The van der Waals surface area contributed by atoms with E-state index in [4.69, 9.17) is 0 Å². The van der Waals surface area contributed by atoms with Crippen molar-refractivity contribution < 1.29 is 5.11 Å². The maximum atomic E-state index is 9.20. The van der Waals surface area contributed by atoms with Gasteiger partial charge in [0.25, 0.3) is 0 Å². The van der Waals surface area contributed by atoms with Crippen LogP contribution in [-0.4, -0.2) is 11.2 Å². The monoisotopic (exact) mass is 142 g/mol. The lowest BCUT2D eigenvalue weighted by atomic mass is 10.0. The zero-order chi connectivity index (χ0) is 8.15. The first-order chi connectivity index (χ1) is 4.63. The van der Waals surface area contributed by atoms with Crippen molar-refractivity contribution in [1.29, 1.82) is 0 Å². The van der Waals surface area contributed by atoms with Crippen LogP contribution in [0, 0.1) is 0 Å². The Balaban J connectivity index is 4.27. The molecule has 60 valence electrons. The lowest BCUT2D eigenvalue weighted by molar-refractivity contribution is 0.229. The highest BCUT2D eigenvalue weighted by Crippen LogP contribution is 2.14. The summed E-state index contributed by atoms with van der Waals surface area (Å²) < 4.78 is 0. The Morgan fingerprint density at radius 1 is 1.30 bits per heavy atom. The summed E-state index contributed by atoms with van der Waals surface area (Å²) >= 11 is 0. The SMILES string of the molecule is CCC(CC)=C(C)C(C)O. The standard InChI is InChI=1S/C9H18O/c1-5-9(6-2)7(3)8(4)10/h8,10H,5-6H2,1-4H3. The summed E-state index contributed by atoms with van der Waals surface area (Å²) in [7, 11) is 0. The summed E-state index contributed by atoms with van der Waals surface area (Å²) in [6.07, 6.45) is 1.86. The molecule has 1 atom stereocenters. The molecule has 0 aliphatic heterocycles. The van der Waals surface area contributed by atoms with Crippen LogP contribution in [0.5, 0.6) is 0 Å². The summed E-state index contributed by atoms with van der Waals surface area (Å²) in [5, 5.41) is 9.20. The van der Waals surface area contributed by atoms with Crippen molar-refractivity contribution in [2.45, 2.75) is 46.6 Å². The zero-order valence-corrected chi connectivity index (χ0v) is 7.44. The van der Waals surface area contributed by atoms with Crippen molar-refractivity contribution in [1.82, 2.24) is 0 Å². The zero-order valence-electron chi connectivity index (χ0n) is 7.44. The van der Waals surface area contributed by atoms with Crippen molar-refractivity contribution in [3.63, 3.8) is 0 Å². The van der Waals surface area contributed by atoms with E-state index in [2.05, 4.69) is 13.8 Å². The third-order valence-corrected chi connectivity index (χ3v) is 2.04. The van der Waals surface area contributed by atoms with Gasteiger partial charge in [-0.05, 0) is 32.3 Å². The minimum atomic E-state index is -0.269. The van der Waals surface area contributed by atoms with Crippen molar-refractivity contribution in [3.8, 4) is 0 Å². The van der Waals surface area contributed by atoms with Gasteiger partial charge < -0.3 is 5.11 Å². The first-order valence-electron chi connectivity index (χ1n) is 4.00. The van der Waals surface area contributed by atoms with Crippen LogP contribution in [-0.2, 0) is 0 Å². The van der Waals surface area contributed by atoms with Gasteiger partial charge in [0.2, 0.25) is 0 Å². The van der Waals surface area contributed by atoms with Crippen LogP contribution < -0.4 is 0 Å². The van der Waals surface area contributed by atoms with Gasteiger partial charge in [-0.3, -0.25) is 0 Å². The highest BCUT2D eigenvalue weighted by Gasteiger charge is 2.02. The van der Waals surface area contributed by atoms with Gasteiger partial charge in [-0.15, -0.1) is 0 Å². The van der Waals surface area contributed by atoms with Crippen LogP contribution >= 0.6 is 0 Å². The second-order valence-corrected chi connectivity index (χ2v) is 2.67. The van der Waals surface area contributed by atoms with Crippen LogP contribution in [0.1, 0.15) is 40.5 Å². The minimum Gasteiger partial charge on any atom is -0.389 e. The van der Waals surface area contributed by atoms with E-state index in [0.717, 1.165) is 18.4 Å². The number of aliphatic hydroxyl groups excluding tert-OH is 1. The smallest absolute Gasteiger partial charge is 0.0721 e. The van der Waals surface area contributed by atoms with E-state index in [9.17, 15) is 5.11 Å². The molecule has 0 fully saturated rings. The molecule has 1 unspecified atom stereocenters. The third-order valence-electron chi connectivity index (χ3n) is 2.04. The molecule has 0 aromatic heterocycles. The van der Waals surface area contributed by atoms with E-state index in [1.807, 2.05) is 13.8 Å². The molecule has 1 nitrogen and oxygen atoms in total. The molecular weight excluding hydrogens is 124 g/mol. The molecule has 0 aromatic rings. The van der Waals surface area contributed by atoms with E-state index < -0.39 is 0 Å². The van der Waals surface area contributed by atoms with Gasteiger partial charge in [0, 0.05) is 0 Å². The molecular formula is C9H18O. The normalized spacial score (nSPS) is 12.9. The Hall–Kier alpha value is -0.300. The summed E-state index contributed by atoms with van der Waals surface area (Å²) in [6.45, 7) is 8.09. The van der Waals surface area contributed by atoms with Crippen LogP contribution in [0.4, 0.5) is 0 Å². The number of allylic oxidation sites excluding steroid dienone is 1. The van der Waals surface area contributed by atoms with Crippen LogP contribution in [0.25, 0.3) is 0 Å². The Kier molecular flexibility index (Phi) is 4.37. The molecule has 0 rings (SSSR count). The fourth-order valence-electron chi connectivity index (χ4n) is 1.10. The fraction of sp³-hybridized carbons (Fsp3) is 0.778. The molecule has 0 aliphatic carbocycles. The highest BCUT2D eigenvalue weighted by molar-refractivity contribution is 5.14. The maximum Gasteiger partial charge on any atom is 0.0721 e. The van der Waals surface area contributed by atoms with Gasteiger partial charge in [-0.1, -0.05) is 19.4 Å². The Morgan fingerprint density at radius 3 is 1.80 bits per heavy atom. The third kappa shape index (κ3) is 2.53. The van der Waals surface area contributed by atoms with Gasteiger partial charge in [0.15, 0.2) is 0 Å². The predicted molar refractivity (Wildman–Crippen MR) is 45.0 cm³/mol. The first-order valence-corrected chi connectivity index (χ1v) is 4.00. The Morgan fingerprint density at radius 2 is 1.70 bits per heavy atom. The van der Waals surface area contributed by atoms with Gasteiger partial charge in [0.1, 0.15) is 0 Å². The number of hydrogen-bond donors (Lipinski definition) is 1. The van der Waals surface area contributed by atoms with Crippen LogP contribution in [0.2, 0.25) is 0 Å². The Labute approximate surface area is 63.8 Å². The van der Waals surface area contributed by atoms with Gasteiger partial charge in [0.05, 0.1) is 6.10 Å². The second-order valence-electron chi connectivity index (χ2n) is 2.67. The average Bonchev–Trinajstić information content (AvgIpc) is 1.90. The number of aliphatic hydroxyl groups is 1. The average molecular weight is 142 g/mol. The van der Waals surface area contributed by atoms with Gasteiger partial charge >= 0.3 is 0 Å². The minimum absolute atomic E-state index is 0.269. The molecule has 0 heterocycles. The molecule has 0 saturated heterocycles. The maximum absolute atomic E-state index is 9.20. The molecule has 1 heteroatoms. The summed E-state index contributed by atoms with van der Waals surface area (Å²) in [4.78, 5) is 0. The van der Waals surface area contributed by atoms with Crippen LogP contribution in [0.3, 0.4) is 0 Å². The summed E-state index contributed by atoms with van der Waals surface area (Å²) in [5.41, 5.74) is 2.53. The number of rotatable bonds is 3. The molecule has 1 N–H and O–H groups in total. The van der Waals surface area contributed by atoms with E-state index >= 15 is 0 Å². The predicted octanol–water partition coefficient (Wildman–Crippen LogP) is 2.50. The molecule has 0 amide bonds. The van der Waals surface area contributed by atoms with Crippen molar-refractivity contribution in [2.75, 3.05) is 0 Å². The molecule has 0 radical (unpaired) electrons. The van der Waals surface area contributed by atoms with E-state index in [1.54, 1.807) is 0 Å². The molecule has 0 saturated carbocycles. The van der Waals surface area contributed by atoms with Crippen molar-refractivity contribution >= 4 is 0 Å². The molecule has 0 aromatic carbocycles. The quantitative estimate of drug-likeness (QED) is 0.600. The molecule has 0 bridgehead atoms. The van der Waals surface area contributed by atoms with Crippen molar-refractivity contribution in [2.24, 2.45) is 0 Å². The lowest BCUT2D eigenvalue weighted by Crippen LogP contribution is -2.04. The van der Waals surface area contributed by atoms with Gasteiger partial charge in [-0.2, -0.15) is 0 Å². The highest BCUT2D eigenvalue weighted by atomic mass is 16.3. The first kappa shape index (κ1) is 9.70. The molecule has 0 spiro atoms. The topological polar surface area (TPSA) is 20.2 Å². The molecule has 0 aliphatic rings. The van der Waals surface area contributed by atoms with Crippen LogP contribution in [0.15, 0.2) is 11.1 Å². The molecule has 10 heavy (non-hydrogen) atoms. The van der Waals surface area contributed by atoms with Crippen molar-refractivity contribution in [3.05, 3.63) is 11.1 Å².